The molecule has 0 fully saturated rings. The lowest BCUT2D eigenvalue weighted by atomic mass is 10.1. The molecule has 3 rings (SSSR count). The molecule has 0 unspecified atom stereocenters. The van der Waals surface area contributed by atoms with E-state index in [9.17, 15) is 4.79 Å². The van der Waals surface area contributed by atoms with Crippen LogP contribution in [0.15, 0.2) is 36.2 Å². The summed E-state index contributed by atoms with van der Waals surface area (Å²) in [6.45, 7) is 1.93. The van der Waals surface area contributed by atoms with Gasteiger partial charge in [-0.3, -0.25) is 14.2 Å². The molecule has 0 radical (unpaired) electrons. The molecule has 0 N–H and O–H groups in total. The minimum Gasteiger partial charge on any atom is -0.297 e. The Morgan fingerprint density at radius 1 is 1.44 bits per heavy atom. The fourth-order valence-electron chi connectivity index (χ4n) is 1.84. The van der Waals surface area contributed by atoms with Crippen LogP contribution in [0.4, 0.5) is 0 Å². The molecule has 0 saturated heterocycles. The molecule has 0 amide bonds. The quantitative estimate of drug-likeness (QED) is 0.677. The van der Waals surface area contributed by atoms with E-state index in [1.807, 2.05) is 35.2 Å². The fourth-order valence-corrected chi connectivity index (χ4v) is 2.55. The maximum Gasteiger partial charge on any atom is 0.193 e. The van der Waals surface area contributed by atoms with E-state index >= 15 is 0 Å². The summed E-state index contributed by atoms with van der Waals surface area (Å²) in [7, 11) is 0. The molecule has 4 nitrogen and oxygen atoms in total. The second-order valence-electron chi connectivity index (χ2n) is 4.18. The molecule has 18 heavy (non-hydrogen) atoms. The summed E-state index contributed by atoms with van der Waals surface area (Å²) in [5, 5.41) is 1.97. The number of aromatic nitrogens is 3. The van der Waals surface area contributed by atoms with E-state index in [0.717, 1.165) is 16.2 Å². The van der Waals surface area contributed by atoms with Crippen molar-refractivity contribution < 1.29 is 4.79 Å². The number of thiazole rings is 1. The zero-order valence-corrected chi connectivity index (χ0v) is 10.6. The number of carbonyl (C=O) groups is 1. The molecule has 3 aromatic heterocycles. The molecule has 0 saturated carbocycles. The number of hydrogen-bond donors (Lipinski definition) is 0. The first-order chi connectivity index (χ1) is 8.72. The van der Waals surface area contributed by atoms with Gasteiger partial charge in [-0.25, -0.2) is 4.98 Å². The maximum atomic E-state index is 12.1. The average molecular weight is 257 g/mol. The van der Waals surface area contributed by atoms with Crippen LogP contribution >= 0.6 is 11.3 Å². The average Bonchev–Trinajstić information content (AvgIpc) is 2.89. The van der Waals surface area contributed by atoms with Gasteiger partial charge >= 0.3 is 0 Å². The molecule has 3 aromatic rings. The smallest absolute Gasteiger partial charge is 0.193 e. The lowest BCUT2D eigenvalue weighted by molar-refractivity contribution is 0.0991. The number of pyridine rings is 1. The first-order valence-electron chi connectivity index (χ1n) is 5.58. The highest BCUT2D eigenvalue weighted by Gasteiger charge is 2.11. The van der Waals surface area contributed by atoms with Crippen molar-refractivity contribution in [3.8, 4) is 0 Å². The molecule has 0 atom stereocenters. The van der Waals surface area contributed by atoms with Crippen LogP contribution in [0.1, 0.15) is 21.6 Å². The van der Waals surface area contributed by atoms with Gasteiger partial charge in [-0.2, -0.15) is 0 Å². The van der Waals surface area contributed by atoms with E-state index in [2.05, 4.69) is 9.97 Å². The van der Waals surface area contributed by atoms with Crippen LogP contribution in [0.3, 0.4) is 0 Å². The Hall–Kier alpha value is -2.01. The molecule has 0 aliphatic carbocycles. The Morgan fingerprint density at radius 2 is 2.33 bits per heavy atom. The highest BCUT2D eigenvalue weighted by molar-refractivity contribution is 7.15. The van der Waals surface area contributed by atoms with Crippen molar-refractivity contribution in [1.29, 1.82) is 0 Å². The number of fused-ring (bicyclic) bond motifs is 1. The topological polar surface area (TPSA) is 47.3 Å². The van der Waals surface area contributed by atoms with Crippen molar-refractivity contribution in [3.63, 3.8) is 0 Å². The van der Waals surface area contributed by atoms with Gasteiger partial charge in [0.05, 0.1) is 12.1 Å². The monoisotopic (exact) mass is 257 g/mol. The van der Waals surface area contributed by atoms with Gasteiger partial charge < -0.3 is 0 Å². The third kappa shape index (κ3) is 2.04. The van der Waals surface area contributed by atoms with Gasteiger partial charge in [0, 0.05) is 35.7 Å². The molecular formula is C13H11N3OS. The number of aryl methyl sites for hydroxylation is 1. The van der Waals surface area contributed by atoms with Gasteiger partial charge in [-0.15, -0.1) is 11.3 Å². The highest BCUT2D eigenvalue weighted by Crippen LogP contribution is 2.13. The molecule has 0 aromatic carbocycles. The van der Waals surface area contributed by atoms with Crippen LogP contribution in [-0.4, -0.2) is 20.2 Å². The normalized spacial score (nSPS) is 10.9. The first kappa shape index (κ1) is 11.1. The number of carbonyl (C=O) groups excluding carboxylic acids is 1. The standard InChI is InChI=1S/C13H11N3OS/c1-9-4-10(7-14-6-9)12(17)5-11-8-16-2-3-18-13(16)15-11/h2-4,6-8H,5H2,1H3. The van der Waals surface area contributed by atoms with Gasteiger partial charge in [0.15, 0.2) is 10.7 Å². The van der Waals surface area contributed by atoms with Crippen molar-refractivity contribution in [2.75, 3.05) is 0 Å². The van der Waals surface area contributed by atoms with Crippen molar-refractivity contribution in [2.45, 2.75) is 13.3 Å². The number of ketones is 1. The fraction of sp³-hybridized carbons (Fsp3) is 0.154. The summed E-state index contributed by atoms with van der Waals surface area (Å²) in [6, 6.07) is 1.85. The van der Waals surface area contributed by atoms with Gasteiger partial charge in [-0.1, -0.05) is 0 Å². The third-order valence-corrected chi connectivity index (χ3v) is 3.45. The Kier molecular flexibility index (Phi) is 2.68. The van der Waals surface area contributed by atoms with E-state index in [0.29, 0.717) is 12.0 Å². The Bertz CT molecular complexity index is 685. The third-order valence-electron chi connectivity index (χ3n) is 2.68. The van der Waals surface area contributed by atoms with Crippen LogP contribution in [0.25, 0.3) is 4.96 Å². The predicted octanol–water partition coefficient (Wildman–Crippen LogP) is 2.52. The Morgan fingerprint density at radius 3 is 3.11 bits per heavy atom. The van der Waals surface area contributed by atoms with E-state index in [-0.39, 0.29) is 5.78 Å². The van der Waals surface area contributed by atoms with Crippen LogP contribution in [0, 0.1) is 6.92 Å². The molecular weight excluding hydrogens is 246 g/mol. The van der Waals surface area contributed by atoms with Gasteiger partial charge in [0.25, 0.3) is 0 Å². The lowest BCUT2D eigenvalue weighted by Crippen LogP contribution is -2.04. The van der Waals surface area contributed by atoms with Gasteiger partial charge in [-0.05, 0) is 18.6 Å². The number of imidazole rings is 1. The number of hydrogen-bond acceptors (Lipinski definition) is 4. The molecule has 5 heteroatoms. The first-order valence-corrected chi connectivity index (χ1v) is 6.46. The zero-order valence-electron chi connectivity index (χ0n) is 9.83. The summed E-state index contributed by atoms with van der Waals surface area (Å²) in [4.78, 5) is 21.4. The zero-order chi connectivity index (χ0) is 12.5. The van der Waals surface area contributed by atoms with Crippen molar-refractivity contribution >= 4 is 22.1 Å². The molecule has 0 aliphatic rings. The summed E-state index contributed by atoms with van der Waals surface area (Å²) >= 11 is 1.56. The van der Waals surface area contributed by atoms with Gasteiger partial charge in [0.2, 0.25) is 0 Å². The van der Waals surface area contributed by atoms with Crippen molar-refractivity contribution in [3.05, 3.63) is 53.1 Å². The maximum absolute atomic E-state index is 12.1. The van der Waals surface area contributed by atoms with Crippen LogP contribution in [0.5, 0.6) is 0 Å². The largest absolute Gasteiger partial charge is 0.297 e. The minimum atomic E-state index is 0.0527. The highest BCUT2D eigenvalue weighted by atomic mass is 32.1. The van der Waals surface area contributed by atoms with E-state index < -0.39 is 0 Å². The lowest BCUT2D eigenvalue weighted by Gasteiger charge is -1.99. The summed E-state index contributed by atoms with van der Waals surface area (Å²) < 4.78 is 1.93. The number of nitrogens with zero attached hydrogens (tertiary/aromatic N) is 3. The van der Waals surface area contributed by atoms with E-state index in [1.54, 1.807) is 23.7 Å². The summed E-state index contributed by atoms with van der Waals surface area (Å²) in [5.74, 6) is 0.0527. The minimum absolute atomic E-state index is 0.0527. The summed E-state index contributed by atoms with van der Waals surface area (Å²) in [6.07, 6.45) is 7.50. The SMILES string of the molecule is Cc1cncc(C(=O)Cc2cn3ccsc3n2)c1. The second kappa shape index (κ2) is 4.34. The number of Topliss-reactive ketones (excluding diaryl/α,β-unsaturated/α-hetero) is 1. The van der Waals surface area contributed by atoms with Crippen LogP contribution in [0.2, 0.25) is 0 Å². The van der Waals surface area contributed by atoms with E-state index in [4.69, 9.17) is 0 Å². The predicted molar refractivity (Wildman–Crippen MR) is 70.1 cm³/mol. The van der Waals surface area contributed by atoms with Crippen LogP contribution < -0.4 is 0 Å². The van der Waals surface area contributed by atoms with Crippen LogP contribution in [-0.2, 0) is 6.42 Å². The number of rotatable bonds is 3. The summed E-state index contributed by atoms with van der Waals surface area (Å²) in [5.41, 5.74) is 2.44. The second-order valence-corrected chi connectivity index (χ2v) is 5.05. The molecule has 0 bridgehead atoms. The molecule has 90 valence electrons. The van der Waals surface area contributed by atoms with Gasteiger partial charge in [0.1, 0.15) is 0 Å². The Labute approximate surface area is 108 Å². The van der Waals surface area contributed by atoms with Crippen molar-refractivity contribution in [1.82, 2.24) is 14.4 Å². The molecule has 0 aliphatic heterocycles. The van der Waals surface area contributed by atoms with E-state index in [1.165, 1.54) is 0 Å². The molecule has 0 spiro atoms. The molecule has 3 heterocycles. The van der Waals surface area contributed by atoms with Crippen molar-refractivity contribution in [2.24, 2.45) is 0 Å². The Balaban J connectivity index is 1.84.